The Balaban J connectivity index is 3.15. The van der Waals surface area contributed by atoms with Crippen LogP contribution in [0.3, 0.4) is 0 Å². The van der Waals surface area contributed by atoms with E-state index in [0.717, 1.165) is 23.4 Å². The lowest BCUT2D eigenvalue weighted by Crippen LogP contribution is -2.37. The molecule has 25 heavy (non-hydrogen) atoms. The molecule has 0 aliphatic rings. The topological polar surface area (TPSA) is 64.7 Å². The average Bonchev–Trinajstić information content (AvgIpc) is 2.58. The van der Waals surface area contributed by atoms with Crippen LogP contribution in [0.2, 0.25) is 0 Å². The number of anilines is 2. The van der Waals surface area contributed by atoms with Crippen molar-refractivity contribution in [3.63, 3.8) is 0 Å². The van der Waals surface area contributed by atoms with Gasteiger partial charge in [0.05, 0.1) is 0 Å². The first-order chi connectivity index (χ1) is 11.8. The summed E-state index contributed by atoms with van der Waals surface area (Å²) in [4.78, 5) is 28.1. The van der Waals surface area contributed by atoms with E-state index in [2.05, 4.69) is 24.5 Å². The fourth-order valence-corrected chi connectivity index (χ4v) is 2.66. The lowest BCUT2D eigenvalue weighted by Gasteiger charge is -2.30. The fourth-order valence-electron chi connectivity index (χ4n) is 2.66. The smallest absolute Gasteiger partial charge is 0.319 e. The molecule has 3 amide bonds. The van der Waals surface area contributed by atoms with E-state index in [1.807, 2.05) is 55.9 Å². The second-order valence-corrected chi connectivity index (χ2v) is 6.35. The zero-order valence-corrected chi connectivity index (χ0v) is 16.3. The lowest BCUT2D eigenvalue weighted by atomic mass is 10.1. The number of hydrogen-bond donors (Lipinski definition) is 2. The van der Waals surface area contributed by atoms with Crippen LogP contribution in [-0.4, -0.2) is 43.5 Å². The maximum atomic E-state index is 12.4. The maximum absolute atomic E-state index is 12.4. The summed E-state index contributed by atoms with van der Waals surface area (Å²) in [5.41, 5.74) is 2.78. The molecule has 6 heteroatoms. The van der Waals surface area contributed by atoms with E-state index < -0.39 is 0 Å². The van der Waals surface area contributed by atoms with Crippen molar-refractivity contribution in [1.29, 1.82) is 0 Å². The highest BCUT2D eigenvalue weighted by Crippen LogP contribution is 2.26. The third kappa shape index (κ3) is 5.96. The van der Waals surface area contributed by atoms with Crippen LogP contribution in [0, 0.1) is 0 Å². The summed E-state index contributed by atoms with van der Waals surface area (Å²) >= 11 is 0. The first-order valence-electron chi connectivity index (χ1n) is 8.98. The van der Waals surface area contributed by atoms with Gasteiger partial charge in [0.2, 0.25) is 5.91 Å². The predicted octanol–water partition coefficient (Wildman–Crippen LogP) is 3.43. The van der Waals surface area contributed by atoms with E-state index in [1.54, 1.807) is 0 Å². The second kappa shape index (κ2) is 9.91. The van der Waals surface area contributed by atoms with Crippen LogP contribution in [0.1, 0.15) is 46.1 Å². The minimum absolute atomic E-state index is 0.140. The minimum atomic E-state index is -0.227. The zero-order chi connectivity index (χ0) is 19.0. The van der Waals surface area contributed by atoms with Crippen molar-refractivity contribution in [3.8, 4) is 0 Å². The molecule has 2 N–H and O–H groups in total. The number of benzene rings is 1. The first-order valence-corrected chi connectivity index (χ1v) is 8.98. The van der Waals surface area contributed by atoms with Crippen LogP contribution in [0.25, 0.3) is 0 Å². The molecular weight excluding hydrogens is 316 g/mol. The standard InChI is InChI=1S/C19H32N4O2/c1-7-14(4)23(18(24)8-2)13-15-12-16(21-19(25)20-9-3)10-11-17(15)22(5)6/h10-12,14H,7-9,13H2,1-6H3,(H2,20,21,25)/t14-/m0/s1. The van der Waals surface area contributed by atoms with Crippen LogP contribution >= 0.6 is 0 Å². The molecule has 0 saturated carbocycles. The molecule has 0 spiro atoms. The summed E-state index contributed by atoms with van der Waals surface area (Å²) in [7, 11) is 3.95. The van der Waals surface area contributed by atoms with Crippen molar-refractivity contribution in [1.82, 2.24) is 10.2 Å². The highest BCUT2D eigenvalue weighted by Gasteiger charge is 2.20. The predicted molar refractivity (Wildman–Crippen MR) is 104 cm³/mol. The molecule has 0 bridgehead atoms. The lowest BCUT2D eigenvalue weighted by molar-refractivity contribution is -0.133. The Morgan fingerprint density at radius 1 is 1.16 bits per heavy atom. The van der Waals surface area contributed by atoms with Crippen LogP contribution in [0.15, 0.2) is 18.2 Å². The molecule has 140 valence electrons. The van der Waals surface area contributed by atoms with Crippen molar-refractivity contribution < 1.29 is 9.59 Å². The Kier molecular flexibility index (Phi) is 8.25. The number of hydrogen-bond acceptors (Lipinski definition) is 3. The van der Waals surface area contributed by atoms with E-state index in [0.29, 0.717) is 19.5 Å². The van der Waals surface area contributed by atoms with Crippen LogP contribution in [0.5, 0.6) is 0 Å². The molecule has 0 fully saturated rings. The van der Waals surface area contributed by atoms with Crippen molar-refractivity contribution in [2.24, 2.45) is 0 Å². The molecule has 0 unspecified atom stereocenters. The van der Waals surface area contributed by atoms with Crippen molar-refractivity contribution in [2.45, 2.75) is 53.1 Å². The Labute approximate surface area is 151 Å². The number of carbonyl (C=O) groups excluding carboxylic acids is 2. The number of nitrogens with one attached hydrogen (secondary N) is 2. The van der Waals surface area contributed by atoms with Gasteiger partial charge in [-0.15, -0.1) is 0 Å². The fraction of sp³-hybridized carbons (Fsp3) is 0.579. The summed E-state index contributed by atoms with van der Waals surface area (Å²) in [6.07, 6.45) is 1.39. The van der Waals surface area contributed by atoms with Gasteiger partial charge in [0, 0.05) is 51.0 Å². The van der Waals surface area contributed by atoms with E-state index in [1.165, 1.54) is 0 Å². The Morgan fingerprint density at radius 2 is 1.84 bits per heavy atom. The van der Waals surface area contributed by atoms with Crippen LogP contribution in [0.4, 0.5) is 16.2 Å². The third-order valence-electron chi connectivity index (χ3n) is 4.24. The summed E-state index contributed by atoms with van der Waals surface area (Å²) in [6, 6.07) is 5.74. The van der Waals surface area contributed by atoms with Crippen molar-refractivity contribution in [3.05, 3.63) is 23.8 Å². The molecule has 1 rings (SSSR count). The highest BCUT2D eigenvalue weighted by atomic mass is 16.2. The third-order valence-corrected chi connectivity index (χ3v) is 4.24. The SMILES string of the molecule is CCNC(=O)Nc1ccc(N(C)C)c(CN(C(=O)CC)[C@@H](C)CC)c1. The maximum Gasteiger partial charge on any atom is 0.319 e. The van der Waals surface area contributed by atoms with E-state index in [-0.39, 0.29) is 18.0 Å². The van der Waals surface area contributed by atoms with Gasteiger partial charge in [-0.1, -0.05) is 13.8 Å². The van der Waals surface area contributed by atoms with Gasteiger partial charge in [0.25, 0.3) is 0 Å². The summed E-state index contributed by atoms with van der Waals surface area (Å²) in [5.74, 6) is 0.140. The molecule has 0 aliphatic carbocycles. The van der Waals surface area contributed by atoms with Gasteiger partial charge >= 0.3 is 6.03 Å². The number of carbonyl (C=O) groups is 2. The molecule has 1 atom stereocenters. The Bertz CT molecular complexity index is 587. The molecule has 0 radical (unpaired) electrons. The molecule has 1 aromatic rings. The zero-order valence-electron chi connectivity index (χ0n) is 16.3. The largest absolute Gasteiger partial charge is 0.377 e. The molecule has 6 nitrogen and oxygen atoms in total. The summed E-state index contributed by atoms with van der Waals surface area (Å²) < 4.78 is 0. The van der Waals surface area contributed by atoms with E-state index in [9.17, 15) is 9.59 Å². The van der Waals surface area contributed by atoms with Gasteiger partial charge in [-0.3, -0.25) is 4.79 Å². The number of amides is 3. The van der Waals surface area contributed by atoms with Gasteiger partial charge in [0.1, 0.15) is 0 Å². The van der Waals surface area contributed by atoms with Crippen LogP contribution in [-0.2, 0) is 11.3 Å². The van der Waals surface area contributed by atoms with Crippen LogP contribution < -0.4 is 15.5 Å². The van der Waals surface area contributed by atoms with Gasteiger partial charge in [-0.25, -0.2) is 4.79 Å². The second-order valence-electron chi connectivity index (χ2n) is 6.35. The number of nitrogens with zero attached hydrogens (tertiary/aromatic N) is 2. The van der Waals surface area contributed by atoms with Gasteiger partial charge in [-0.05, 0) is 44.0 Å². The normalized spacial score (nSPS) is 11.6. The van der Waals surface area contributed by atoms with E-state index in [4.69, 9.17) is 0 Å². The minimum Gasteiger partial charge on any atom is -0.377 e. The molecule has 0 aliphatic heterocycles. The molecule has 0 aromatic heterocycles. The molecule has 0 saturated heterocycles. The number of rotatable bonds is 8. The Morgan fingerprint density at radius 3 is 2.36 bits per heavy atom. The van der Waals surface area contributed by atoms with E-state index >= 15 is 0 Å². The average molecular weight is 348 g/mol. The monoisotopic (exact) mass is 348 g/mol. The van der Waals surface area contributed by atoms with Crippen molar-refractivity contribution in [2.75, 3.05) is 30.9 Å². The van der Waals surface area contributed by atoms with Gasteiger partial charge < -0.3 is 20.4 Å². The first kappa shape index (κ1) is 20.8. The Hall–Kier alpha value is -2.24. The summed E-state index contributed by atoms with van der Waals surface area (Å²) in [6.45, 7) is 9.01. The molecular formula is C19H32N4O2. The van der Waals surface area contributed by atoms with Gasteiger partial charge in [0.15, 0.2) is 0 Å². The summed E-state index contributed by atoms with van der Waals surface area (Å²) in [5, 5.41) is 5.56. The molecule has 1 aromatic carbocycles. The highest BCUT2D eigenvalue weighted by molar-refractivity contribution is 5.89. The van der Waals surface area contributed by atoms with Gasteiger partial charge in [-0.2, -0.15) is 0 Å². The van der Waals surface area contributed by atoms with Crippen molar-refractivity contribution >= 4 is 23.3 Å². The quantitative estimate of drug-likeness (QED) is 0.756. The number of urea groups is 1. The molecule has 0 heterocycles.